The van der Waals surface area contributed by atoms with Gasteiger partial charge in [0.1, 0.15) is 12.4 Å². The number of pyridine rings is 1. The van der Waals surface area contributed by atoms with Crippen molar-refractivity contribution in [1.82, 2.24) is 10.3 Å². The van der Waals surface area contributed by atoms with E-state index in [0.717, 1.165) is 17.9 Å². The highest BCUT2D eigenvalue weighted by Gasteiger charge is 2.09. The second kappa shape index (κ2) is 7.12. The third-order valence-corrected chi connectivity index (χ3v) is 3.11. The van der Waals surface area contributed by atoms with E-state index in [1.807, 2.05) is 55.7 Å². The van der Waals surface area contributed by atoms with Gasteiger partial charge < -0.3 is 10.1 Å². The van der Waals surface area contributed by atoms with Crippen LogP contribution in [0.5, 0.6) is 5.75 Å². The average molecular weight is 277 g/mol. The van der Waals surface area contributed by atoms with Crippen molar-refractivity contribution in [3.63, 3.8) is 0 Å². The van der Waals surface area contributed by atoms with Crippen LogP contribution in [0.1, 0.15) is 5.69 Å². The van der Waals surface area contributed by atoms with Crippen LogP contribution in [0.15, 0.2) is 48.7 Å². The standard InChI is InChI=1S/C15H17ClN2O/c1-17-14(10-13-4-2-3-9-18-13)11-19-15-7-5-12(16)6-8-15/h2-9,14,17H,10-11H2,1H3. The number of hydrogen-bond acceptors (Lipinski definition) is 3. The van der Waals surface area contributed by atoms with Crippen LogP contribution in [0.4, 0.5) is 0 Å². The Balaban J connectivity index is 1.87. The quantitative estimate of drug-likeness (QED) is 0.881. The maximum absolute atomic E-state index is 5.83. The van der Waals surface area contributed by atoms with E-state index in [1.165, 1.54) is 0 Å². The number of nitrogens with one attached hydrogen (secondary N) is 1. The molecule has 0 fully saturated rings. The van der Waals surface area contributed by atoms with Crippen molar-refractivity contribution in [2.24, 2.45) is 0 Å². The zero-order chi connectivity index (χ0) is 13.5. The molecule has 0 bridgehead atoms. The third-order valence-electron chi connectivity index (χ3n) is 2.85. The fraction of sp³-hybridized carbons (Fsp3) is 0.267. The van der Waals surface area contributed by atoms with Gasteiger partial charge in [-0.3, -0.25) is 4.98 Å². The maximum atomic E-state index is 5.83. The van der Waals surface area contributed by atoms with Gasteiger partial charge in [0, 0.05) is 29.4 Å². The van der Waals surface area contributed by atoms with Crippen LogP contribution in [0.3, 0.4) is 0 Å². The van der Waals surface area contributed by atoms with Crippen molar-refractivity contribution >= 4 is 11.6 Å². The topological polar surface area (TPSA) is 34.1 Å². The molecule has 1 aromatic carbocycles. The van der Waals surface area contributed by atoms with E-state index in [0.29, 0.717) is 11.6 Å². The second-order valence-corrected chi connectivity index (χ2v) is 4.71. The summed E-state index contributed by atoms with van der Waals surface area (Å²) in [5.41, 5.74) is 1.06. The minimum absolute atomic E-state index is 0.227. The smallest absolute Gasteiger partial charge is 0.119 e. The van der Waals surface area contributed by atoms with E-state index in [-0.39, 0.29) is 6.04 Å². The van der Waals surface area contributed by atoms with E-state index in [2.05, 4.69) is 10.3 Å². The molecule has 0 amide bonds. The highest BCUT2D eigenvalue weighted by Crippen LogP contribution is 2.15. The Morgan fingerprint density at radius 1 is 1.21 bits per heavy atom. The predicted octanol–water partition coefficient (Wildman–Crippen LogP) is 2.94. The van der Waals surface area contributed by atoms with Gasteiger partial charge in [-0.15, -0.1) is 0 Å². The summed E-state index contributed by atoms with van der Waals surface area (Å²) >= 11 is 5.83. The van der Waals surface area contributed by atoms with E-state index in [4.69, 9.17) is 16.3 Å². The van der Waals surface area contributed by atoms with Gasteiger partial charge >= 0.3 is 0 Å². The van der Waals surface area contributed by atoms with Crippen LogP contribution >= 0.6 is 11.6 Å². The fourth-order valence-corrected chi connectivity index (χ4v) is 1.87. The van der Waals surface area contributed by atoms with Gasteiger partial charge in [-0.25, -0.2) is 0 Å². The number of benzene rings is 1. The Hall–Kier alpha value is -1.58. The Kier molecular flexibility index (Phi) is 5.19. The molecule has 0 spiro atoms. The van der Waals surface area contributed by atoms with Crippen LogP contribution in [0.2, 0.25) is 5.02 Å². The number of rotatable bonds is 6. The summed E-state index contributed by atoms with van der Waals surface area (Å²) in [6, 6.07) is 13.6. The molecule has 19 heavy (non-hydrogen) atoms. The molecule has 1 N–H and O–H groups in total. The molecule has 3 nitrogen and oxygen atoms in total. The molecule has 1 aromatic heterocycles. The molecule has 0 aliphatic heterocycles. The van der Waals surface area contributed by atoms with Gasteiger partial charge in [-0.05, 0) is 43.4 Å². The predicted molar refractivity (Wildman–Crippen MR) is 77.7 cm³/mol. The minimum Gasteiger partial charge on any atom is -0.492 e. The molecule has 0 aliphatic carbocycles. The van der Waals surface area contributed by atoms with Crippen LogP contribution in [-0.4, -0.2) is 24.7 Å². The maximum Gasteiger partial charge on any atom is 0.119 e. The first-order valence-corrected chi connectivity index (χ1v) is 6.61. The lowest BCUT2D eigenvalue weighted by Crippen LogP contribution is -2.34. The number of hydrogen-bond donors (Lipinski definition) is 1. The SMILES string of the molecule is CNC(COc1ccc(Cl)cc1)Cc1ccccn1. The normalized spacial score (nSPS) is 12.1. The van der Waals surface area contributed by atoms with Crippen LogP contribution < -0.4 is 10.1 Å². The van der Waals surface area contributed by atoms with Gasteiger partial charge in [0.05, 0.1) is 0 Å². The van der Waals surface area contributed by atoms with E-state index < -0.39 is 0 Å². The summed E-state index contributed by atoms with van der Waals surface area (Å²) in [6.45, 7) is 0.592. The Morgan fingerprint density at radius 3 is 2.63 bits per heavy atom. The second-order valence-electron chi connectivity index (χ2n) is 4.28. The summed E-state index contributed by atoms with van der Waals surface area (Å²) in [5, 5.41) is 3.95. The molecule has 1 atom stereocenters. The molecule has 1 heterocycles. The Labute approximate surface area is 118 Å². The highest BCUT2D eigenvalue weighted by atomic mass is 35.5. The van der Waals surface area contributed by atoms with Crippen molar-refractivity contribution in [2.45, 2.75) is 12.5 Å². The molecule has 0 radical (unpaired) electrons. The molecule has 1 unspecified atom stereocenters. The van der Waals surface area contributed by atoms with E-state index >= 15 is 0 Å². The van der Waals surface area contributed by atoms with Crippen molar-refractivity contribution in [2.75, 3.05) is 13.7 Å². The van der Waals surface area contributed by atoms with Crippen LogP contribution in [0.25, 0.3) is 0 Å². The van der Waals surface area contributed by atoms with Gasteiger partial charge in [-0.1, -0.05) is 17.7 Å². The van der Waals surface area contributed by atoms with Gasteiger partial charge in [-0.2, -0.15) is 0 Å². The first-order chi connectivity index (χ1) is 9.28. The largest absolute Gasteiger partial charge is 0.492 e. The van der Waals surface area contributed by atoms with Gasteiger partial charge in [0.25, 0.3) is 0 Å². The molecular formula is C15H17ClN2O. The number of halogens is 1. The van der Waals surface area contributed by atoms with E-state index in [9.17, 15) is 0 Å². The molecule has 0 aliphatic rings. The minimum atomic E-state index is 0.227. The Morgan fingerprint density at radius 2 is 2.00 bits per heavy atom. The first-order valence-electron chi connectivity index (χ1n) is 6.23. The van der Waals surface area contributed by atoms with Gasteiger partial charge in [0.15, 0.2) is 0 Å². The van der Waals surface area contributed by atoms with Crippen LogP contribution in [0, 0.1) is 0 Å². The van der Waals surface area contributed by atoms with Crippen molar-refractivity contribution in [3.05, 3.63) is 59.4 Å². The lowest BCUT2D eigenvalue weighted by atomic mass is 10.1. The zero-order valence-corrected chi connectivity index (χ0v) is 11.6. The third kappa shape index (κ3) is 4.54. The molecule has 2 aromatic rings. The summed E-state index contributed by atoms with van der Waals surface area (Å²) in [6.07, 6.45) is 2.65. The van der Waals surface area contributed by atoms with E-state index in [1.54, 1.807) is 0 Å². The summed E-state index contributed by atoms with van der Waals surface area (Å²) in [7, 11) is 1.93. The summed E-state index contributed by atoms with van der Waals surface area (Å²) < 4.78 is 5.74. The molecule has 100 valence electrons. The molecule has 0 saturated carbocycles. The van der Waals surface area contributed by atoms with Gasteiger partial charge in [0.2, 0.25) is 0 Å². The average Bonchev–Trinajstić information content (AvgIpc) is 2.46. The molecule has 2 rings (SSSR count). The van der Waals surface area contributed by atoms with Crippen LogP contribution in [-0.2, 0) is 6.42 Å². The number of nitrogens with zero attached hydrogens (tertiary/aromatic N) is 1. The number of likely N-dealkylation sites (N-methyl/N-ethyl adjacent to an activating group) is 1. The molecular weight excluding hydrogens is 260 g/mol. The monoisotopic (exact) mass is 276 g/mol. The van der Waals surface area contributed by atoms with Crippen molar-refractivity contribution < 1.29 is 4.74 Å². The number of ether oxygens (including phenoxy) is 1. The lowest BCUT2D eigenvalue weighted by molar-refractivity contribution is 0.269. The summed E-state index contributed by atoms with van der Waals surface area (Å²) in [4.78, 5) is 4.32. The van der Waals surface area contributed by atoms with Crippen molar-refractivity contribution in [3.8, 4) is 5.75 Å². The number of aromatic nitrogens is 1. The molecule has 0 saturated heterocycles. The highest BCUT2D eigenvalue weighted by molar-refractivity contribution is 6.30. The Bertz CT molecular complexity index is 487. The summed E-state index contributed by atoms with van der Waals surface area (Å²) in [5.74, 6) is 0.825. The zero-order valence-electron chi connectivity index (χ0n) is 10.8. The lowest BCUT2D eigenvalue weighted by Gasteiger charge is -2.16. The molecule has 4 heteroatoms. The first kappa shape index (κ1) is 13.8. The fourth-order valence-electron chi connectivity index (χ4n) is 1.74. The van der Waals surface area contributed by atoms with Crippen molar-refractivity contribution in [1.29, 1.82) is 0 Å².